The number of para-hydroxylation sites is 1. The molecule has 1 heterocycles. The van der Waals surface area contributed by atoms with E-state index in [-0.39, 0.29) is 17.7 Å². The van der Waals surface area contributed by atoms with Gasteiger partial charge in [-0.05, 0) is 61.1 Å². The number of carbonyl (C=O) groups excluding carboxylic acids is 2. The maximum absolute atomic E-state index is 12.7. The van der Waals surface area contributed by atoms with Gasteiger partial charge in [-0.1, -0.05) is 34.1 Å². The Labute approximate surface area is 210 Å². The molecule has 3 aromatic carbocycles. The number of halogens is 1. The zero-order valence-electron chi connectivity index (χ0n) is 18.8. The third-order valence-corrected chi connectivity index (χ3v) is 5.74. The average molecular weight is 535 g/mol. The van der Waals surface area contributed by atoms with Gasteiger partial charge in [0.05, 0.1) is 6.04 Å². The molecule has 0 radical (unpaired) electrons. The first kappa shape index (κ1) is 24.1. The molecule has 5 N–H and O–H groups in total. The Hall–Kier alpha value is -4.02. The summed E-state index contributed by atoms with van der Waals surface area (Å²) in [6, 6.07) is 19.8. The van der Waals surface area contributed by atoms with Crippen molar-refractivity contribution in [2.24, 2.45) is 5.73 Å². The van der Waals surface area contributed by atoms with E-state index in [9.17, 15) is 9.59 Å². The molecule has 9 nitrogen and oxygen atoms in total. The van der Waals surface area contributed by atoms with Crippen LogP contribution in [0.2, 0.25) is 0 Å². The van der Waals surface area contributed by atoms with Gasteiger partial charge < -0.3 is 26.4 Å². The first-order chi connectivity index (χ1) is 16.9. The number of rotatable bonds is 8. The Balaban J connectivity index is 1.60. The molecular formula is C25H23BrN6O3. The first-order valence-electron chi connectivity index (χ1n) is 10.7. The molecule has 178 valence electrons. The lowest BCUT2D eigenvalue weighted by Gasteiger charge is -2.21. The number of hydrogen-bond donors (Lipinski definition) is 4. The standard InChI is InChI=1S/C25H23BrN6O3/c1-28-13-20(32-23-19-6-3-7-21(35-25(27)34)22(19)29-14-30-23)16-4-2-5-18(12-16)31-24(33)15-8-10-17(26)11-9-15/h2-12,14,20,28H,13H2,1H3,(H2,27,34)(H,31,33)(H,29,30,32). The molecule has 0 bridgehead atoms. The van der Waals surface area contributed by atoms with E-state index in [1.807, 2.05) is 49.5 Å². The predicted molar refractivity (Wildman–Crippen MR) is 139 cm³/mol. The number of amides is 2. The van der Waals surface area contributed by atoms with Gasteiger partial charge in [0.15, 0.2) is 5.75 Å². The van der Waals surface area contributed by atoms with Crippen LogP contribution in [0, 0.1) is 0 Å². The number of nitrogens with zero attached hydrogens (tertiary/aromatic N) is 2. The third-order valence-electron chi connectivity index (χ3n) is 5.21. The molecular weight excluding hydrogens is 512 g/mol. The minimum Gasteiger partial charge on any atom is -0.408 e. The zero-order valence-corrected chi connectivity index (χ0v) is 20.4. The van der Waals surface area contributed by atoms with Crippen LogP contribution in [0.5, 0.6) is 5.75 Å². The highest BCUT2D eigenvalue weighted by Gasteiger charge is 2.16. The number of ether oxygens (including phenoxy) is 1. The smallest absolute Gasteiger partial charge is 0.408 e. The van der Waals surface area contributed by atoms with Gasteiger partial charge in [0.25, 0.3) is 5.91 Å². The van der Waals surface area contributed by atoms with Crippen molar-refractivity contribution in [3.63, 3.8) is 0 Å². The minimum atomic E-state index is -0.916. The van der Waals surface area contributed by atoms with Crippen LogP contribution in [0.1, 0.15) is 22.0 Å². The predicted octanol–water partition coefficient (Wildman–Crippen LogP) is 4.47. The van der Waals surface area contributed by atoms with E-state index in [0.29, 0.717) is 34.5 Å². The molecule has 0 spiro atoms. The van der Waals surface area contributed by atoms with Gasteiger partial charge >= 0.3 is 6.09 Å². The number of aromatic nitrogens is 2. The van der Waals surface area contributed by atoms with Crippen LogP contribution in [0.4, 0.5) is 16.3 Å². The highest BCUT2D eigenvalue weighted by molar-refractivity contribution is 9.10. The third kappa shape index (κ3) is 5.92. The largest absolute Gasteiger partial charge is 0.410 e. The van der Waals surface area contributed by atoms with Crippen molar-refractivity contribution in [3.8, 4) is 5.75 Å². The van der Waals surface area contributed by atoms with Crippen molar-refractivity contribution in [2.75, 3.05) is 24.2 Å². The molecule has 1 unspecified atom stereocenters. The molecule has 0 aliphatic rings. The van der Waals surface area contributed by atoms with Crippen LogP contribution in [0.3, 0.4) is 0 Å². The van der Waals surface area contributed by atoms with Gasteiger partial charge in [-0.3, -0.25) is 4.79 Å². The number of likely N-dealkylation sites (N-methyl/N-ethyl adjacent to an activating group) is 1. The summed E-state index contributed by atoms with van der Waals surface area (Å²) < 4.78 is 5.99. The maximum atomic E-state index is 12.7. The van der Waals surface area contributed by atoms with Crippen molar-refractivity contribution in [1.82, 2.24) is 15.3 Å². The summed E-state index contributed by atoms with van der Waals surface area (Å²) in [5, 5.41) is 10.2. The molecule has 35 heavy (non-hydrogen) atoms. The fourth-order valence-corrected chi connectivity index (χ4v) is 3.89. The number of anilines is 2. The van der Waals surface area contributed by atoms with Gasteiger partial charge in [-0.25, -0.2) is 14.8 Å². The van der Waals surface area contributed by atoms with Crippen LogP contribution in [-0.2, 0) is 0 Å². The number of fused-ring (bicyclic) bond motifs is 1. The SMILES string of the molecule is CNCC(Nc1ncnc2c(OC(N)=O)cccc12)c1cccc(NC(=O)c2ccc(Br)cc2)c1. The fraction of sp³-hybridized carbons (Fsp3) is 0.120. The summed E-state index contributed by atoms with van der Waals surface area (Å²) in [5.41, 5.74) is 7.81. The molecule has 0 fully saturated rings. The number of nitrogens with one attached hydrogen (secondary N) is 3. The summed E-state index contributed by atoms with van der Waals surface area (Å²) >= 11 is 3.38. The van der Waals surface area contributed by atoms with E-state index in [1.165, 1.54) is 6.33 Å². The Kier molecular flexibility index (Phi) is 7.54. The van der Waals surface area contributed by atoms with Crippen molar-refractivity contribution in [3.05, 3.63) is 88.7 Å². The lowest BCUT2D eigenvalue weighted by atomic mass is 10.1. The molecule has 10 heteroatoms. The van der Waals surface area contributed by atoms with Gasteiger partial charge in [-0.15, -0.1) is 0 Å². The van der Waals surface area contributed by atoms with E-state index in [2.05, 4.69) is 41.8 Å². The number of benzene rings is 3. The maximum Gasteiger partial charge on any atom is 0.410 e. The molecule has 1 atom stereocenters. The zero-order chi connectivity index (χ0) is 24.8. The summed E-state index contributed by atoms with van der Waals surface area (Å²) in [4.78, 5) is 32.6. The normalized spacial score (nSPS) is 11.6. The van der Waals surface area contributed by atoms with E-state index < -0.39 is 6.09 Å². The summed E-state index contributed by atoms with van der Waals surface area (Å²) in [7, 11) is 1.85. The average Bonchev–Trinajstić information content (AvgIpc) is 2.84. The summed E-state index contributed by atoms with van der Waals surface area (Å²) in [6.07, 6.45) is 0.477. The van der Waals surface area contributed by atoms with E-state index in [1.54, 1.807) is 24.3 Å². The Bertz CT molecular complexity index is 1360. The fourth-order valence-electron chi connectivity index (χ4n) is 3.63. The topological polar surface area (TPSA) is 131 Å². The van der Waals surface area contributed by atoms with Crippen LogP contribution in [0.25, 0.3) is 10.9 Å². The summed E-state index contributed by atoms with van der Waals surface area (Å²) in [5.74, 6) is 0.620. The van der Waals surface area contributed by atoms with Gasteiger partial charge in [0.2, 0.25) is 0 Å². The van der Waals surface area contributed by atoms with Crippen LogP contribution in [-0.4, -0.2) is 35.6 Å². The number of carbonyl (C=O) groups is 2. The number of nitrogens with two attached hydrogens (primary N) is 1. The molecule has 4 aromatic rings. The first-order valence-corrected chi connectivity index (χ1v) is 11.5. The second-order valence-electron chi connectivity index (χ2n) is 7.64. The molecule has 1 aromatic heterocycles. The molecule has 4 rings (SSSR count). The minimum absolute atomic E-state index is 0.191. The van der Waals surface area contributed by atoms with Gasteiger partial charge in [0.1, 0.15) is 17.7 Å². The van der Waals surface area contributed by atoms with Crippen molar-refractivity contribution < 1.29 is 14.3 Å². The van der Waals surface area contributed by atoms with Crippen molar-refractivity contribution >= 4 is 50.3 Å². The van der Waals surface area contributed by atoms with Crippen LogP contribution >= 0.6 is 15.9 Å². The van der Waals surface area contributed by atoms with E-state index in [0.717, 1.165) is 10.0 Å². The molecule has 0 saturated carbocycles. The van der Waals surface area contributed by atoms with Crippen LogP contribution < -0.4 is 26.4 Å². The highest BCUT2D eigenvalue weighted by Crippen LogP contribution is 2.30. The molecule has 0 aliphatic carbocycles. The second kappa shape index (κ2) is 10.9. The molecule has 2 amide bonds. The quantitative estimate of drug-likeness (QED) is 0.262. The van der Waals surface area contributed by atoms with Crippen molar-refractivity contribution in [2.45, 2.75) is 6.04 Å². The number of primary amides is 1. The lowest BCUT2D eigenvalue weighted by molar-refractivity contribution is 0.102. The highest BCUT2D eigenvalue weighted by atomic mass is 79.9. The van der Waals surface area contributed by atoms with Gasteiger partial charge in [0, 0.05) is 27.7 Å². The lowest BCUT2D eigenvalue weighted by Crippen LogP contribution is -2.24. The Morgan fingerprint density at radius 3 is 2.57 bits per heavy atom. The Morgan fingerprint density at radius 1 is 1.06 bits per heavy atom. The molecule has 0 aliphatic heterocycles. The van der Waals surface area contributed by atoms with E-state index in [4.69, 9.17) is 10.5 Å². The van der Waals surface area contributed by atoms with E-state index >= 15 is 0 Å². The second-order valence-corrected chi connectivity index (χ2v) is 8.55. The van der Waals surface area contributed by atoms with Crippen molar-refractivity contribution in [1.29, 1.82) is 0 Å². The summed E-state index contributed by atoms with van der Waals surface area (Å²) in [6.45, 7) is 0.576. The monoisotopic (exact) mass is 534 g/mol. The van der Waals surface area contributed by atoms with Gasteiger partial charge in [-0.2, -0.15) is 0 Å². The molecule has 0 saturated heterocycles. The number of hydrogen-bond acceptors (Lipinski definition) is 7. The Morgan fingerprint density at radius 2 is 1.83 bits per heavy atom. The van der Waals surface area contributed by atoms with Crippen LogP contribution in [0.15, 0.2) is 77.5 Å².